The monoisotopic (exact) mass is 264 g/mol. The third-order valence-electron chi connectivity index (χ3n) is 4.63. The average Bonchev–Trinajstić information content (AvgIpc) is 2.62. The zero-order valence-electron chi connectivity index (χ0n) is 10.8. The maximum atomic E-state index is 6.13. The molecule has 2 heterocycles. The molecule has 3 unspecified atom stereocenters. The quantitative estimate of drug-likeness (QED) is 0.888. The van der Waals surface area contributed by atoms with Gasteiger partial charge in [0.25, 0.3) is 0 Å². The molecule has 2 bridgehead atoms. The van der Waals surface area contributed by atoms with E-state index in [0.717, 1.165) is 17.9 Å². The molecule has 2 aliphatic heterocycles. The van der Waals surface area contributed by atoms with Gasteiger partial charge >= 0.3 is 0 Å². The van der Waals surface area contributed by atoms with E-state index < -0.39 is 0 Å². The maximum absolute atomic E-state index is 6.13. The van der Waals surface area contributed by atoms with Crippen LogP contribution in [0.3, 0.4) is 0 Å². The van der Waals surface area contributed by atoms with E-state index in [-0.39, 0.29) is 0 Å². The Hall–Kier alpha value is -0.570. The Morgan fingerprint density at radius 2 is 1.72 bits per heavy atom. The Morgan fingerprint density at radius 3 is 2.28 bits per heavy atom. The zero-order chi connectivity index (χ0) is 12.7. The van der Waals surface area contributed by atoms with E-state index in [1.807, 2.05) is 12.1 Å². The second kappa shape index (κ2) is 4.84. The number of hydrogen-bond acceptors (Lipinski definition) is 2. The minimum atomic E-state index is 0.413. The Balaban J connectivity index is 1.81. The molecule has 3 heteroatoms. The molecule has 2 saturated heterocycles. The Morgan fingerprint density at radius 1 is 1.17 bits per heavy atom. The van der Waals surface area contributed by atoms with Gasteiger partial charge in [0.1, 0.15) is 0 Å². The normalized spacial score (nSPS) is 33.6. The number of hydrogen-bond donors (Lipinski definition) is 1. The molecule has 3 atom stereocenters. The van der Waals surface area contributed by atoms with Crippen LogP contribution in [0.25, 0.3) is 0 Å². The fraction of sp³-hybridized carbons (Fsp3) is 0.600. The highest BCUT2D eigenvalue weighted by Gasteiger charge is 2.41. The Kier molecular flexibility index (Phi) is 3.35. The van der Waals surface area contributed by atoms with Gasteiger partial charge in [-0.25, -0.2) is 0 Å². The van der Waals surface area contributed by atoms with Crippen LogP contribution in [0, 0.1) is 0 Å². The van der Waals surface area contributed by atoms with Gasteiger partial charge in [0.15, 0.2) is 0 Å². The molecule has 3 rings (SSSR count). The predicted octanol–water partition coefficient (Wildman–Crippen LogP) is 3.36. The van der Waals surface area contributed by atoms with Crippen molar-refractivity contribution in [3.05, 3.63) is 34.9 Å². The van der Waals surface area contributed by atoms with Crippen molar-refractivity contribution < 1.29 is 0 Å². The van der Waals surface area contributed by atoms with Crippen molar-refractivity contribution in [1.29, 1.82) is 0 Å². The third-order valence-corrected chi connectivity index (χ3v) is 4.88. The number of halogens is 1. The molecule has 18 heavy (non-hydrogen) atoms. The smallest absolute Gasteiger partial charge is 0.0406 e. The lowest BCUT2D eigenvalue weighted by molar-refractivity contribution is 0.0854. The van der Waals surface area contributed by atoms with E-state index in [9.17, 15) is 0 Å². The van der Waals surface area contributed by atoms with Gasteiger partial charge in [0.05, 0.1) is 0 Å². The van der Waals surface area contributed by atoms with Crippen LogP contribution >= 0.6 is 11.6 Å². The number of benzene rings is 1. The lowest BCUT2D eigenvalue weighted by atomic mass is 9.94. The summed E-state index contributed by atoms with van der Waals surface area (Å²) in [5, 5.41) is 0.814. The summed E-state index contributed by atoms with van der Waals surface area (Å²) in [6.07, 6.45) is 4.95. The highest BCUT2D eigenvalue weighted by atomic mass is 35.5. The first-order valence-corrected chi connectivity index (χ1v) is 7.31. The minimum absolute atomic E-state index is 0.413. The van der Waals surface area contributed by atoms with Gasteiger partial charge in [-0.3, -0.25) is 4.90 Å². The molecule has 2 aliphatic rings. The maximum Gasteiger partial charge on any atom is 0.0406 e. The van der Waals surface area contributed by atoms with E-state index in [2.05, 4.69) is 24.0 Å². The molecule has 2 N–H and O–H groups in total. The fourth-order valence-electron chi connectivity index (χ4n) is 3.80. The van der Waals surface area contributed by atoms with Crippen LogP contribution in [0.5, 0.6) is 0 Å². The number of rotatable bonds is 2. The van der Waals surface area contributed by atoms with Gasteiger partial charge in [-0.2, -0.15) is 0 Å². The first kappa shape index (κ1) is 12.5. The SMILES string of the molecule is CC(c1ccc(Cl)cc1)N1C2CCC1CC(N)C2. The molecule has 98 valence electrons. The summed E-state index contributed by atoms with van der Waals surface area (Å²) in [4.78, 5) is 2.69. The second-order valence-electron chi connectivity index (χ2n) is 5.79. The summed E-state index contributed by atoms with van der Waals surface area (Å²) in [6, 6.07) is 10.6. The number of nitrogens with zero attached hydrogens (tertiary/aromatic N) is 1. The van der Waals surface area contributed by atoms with E-state index >= 15 is 0 Å². The molecular formula is C15H21ClN2. The molecule has 2 fully saturated rings. The molecule has 0 amide bonds. The van der Waals surface area contributed by atoms with E-state index in [4.69, 9.17) is 17.3 Å². The van der Waals surface area contributed by atoms with Crippen molar-refractivity contribution in [3.63, 3.8) is 0 Å². The van der Waals surface area contributed by atoms with Crippen LogP contribution in [0.15, 0.2) is 24.3 Å². The number of piperidine rings is 1. The van der Waals surface area contributed by atoms with Gasteiger partial charge in [0.2, 0.25) is 0 Å². The summed E-state index contributed by atoms with van der Waals surface area (Å²) in [5.74, 6) is 0. The van der Waals surface area contributed by atoms with Crippen molar-refractivity contribution in [2.75, 3.05) is 0 Å². The fourth-order valence-corrected chi connectivity index (χ4v) is 3.93. The lowest BCUT2D eigenvalue weighted by Gasteiger charge is -2.41. The summed E-state index contributed by atoms with van der Waals surface area (Å²) >= 11 is 5.96. The molecule has 2 nitrogen and oxygen atoms in total. The second-order valence-corrected chi connectivity index (χ2v) is 6.23. The number of fused-ring (bicyclic) bond motifs is 2. The Labute approximate surface area is 114 Å². The predicted molar refractivity (Wildman–Crippen MR) is 75.7 cm³/mol. The van der Waals surface area contributed by atoms with Gasteiger partial charge < -0.3 is 5.73 Å². The minimum Gasteiger partial charge on any atom is -0.328 e. The Bertz CT molecular complexity index is 403. The van der Waals surface area contributed by atoms with Crippen molar-refractivity contribution in [1.82, 2.24) is 4.90 Å². The number of nitrogens with two attached hydrogens (primary N) is 1. The van der Waals surface area contributed by atoms with Gasteiger partial charge in [-0.05, 0) is 50.3 Å². The highest BCUT2D eigenvalue weighted by Crippen LogP contribution is 2.41. The average molecular weight is 265 g/mol. The molecular weight excluding hydrogens is 244 g/mol. The summed E-state index contributed by atoms with van der Waals surface area (Å²) in [5.41, 5.74) is 7.50. The van der Waals surface area contributed by atoms with Crippen molar-refractivity contribution >= 4 is 11.6 Å². The van der Waals surface area contributed by atoms with Crippen molar-refractivity contribution in [2.45, 2.75) is 56.8 Å². The first-order valence-electron chi connectivity index (χ1n) is 6.93. The van der Waals surface area contributed by atoms with Crippen LogP contribution < -0.4 is 5.73 Å². The molecule has 1 aromatic carbocycles. The summed E-state index contributed by atoms with van der Waals surface area (Å²) in [7, 11) is 0. The molecule has 0 spiro atoms. The lowest BCUT2D eigenvalue weighted by Crippen LogP contribution is -2.48. The molecule has 0 aromatic heterocycles. The van der Waals surface area contributed by atoms with E-state index in [1.54, 1.807) is 0 Å². The van der Waals surface area contributed by atoms with Gasteiger partial charge in [0, 0.05) is 29.2 Å². The topological polar surface area (TPSA) is 29.3 Å². The standard InChI is InChI=1S/C15H21ClN2/c1-10(11-2-4-12(16)5-3-11)18-14-6-7-15(18)9-13(17)8-14/h2-5,10,13-15H,6-9,17H2,1H3. The van der Waals surface area contributed by atoms with Crippen LogP contribution in [-0.2, 0) is 0 Å². The van der Waals surface area contributed by atoms with Gasteiger partial charge in [-0.15, -0.1) is 0 Å². The largest absolute Gasteiger partial charge is 0.328 e. The summed E-state index contributed by atoms with van der Waals surface area (Å²) in [6.45, 7) is 2.31. The third kappa shape index (κ3) is 2.18. The highest BCUT2D eigenvalue weighted by molar-refractivity contribution is 6.30. The molecule has 0 radical (unpaired) electrons. The first-order chi connectivity index (χ1) is 8.65. The van der Waals surface area contributed by atoms with Crippen LogP contribution in [0.2, 0.25) is 5.02 Å². The van der Waals surface area contributed by atoms with Gasteiger partial charge in [-0.1, -0.05) is 23.7 Å². The van der Waals surface area contributed by atoms with E-state index in [1.165, 1.54) is 18.4 Å². The van der Waals surface area contributed by atoms with E-state index in [0.29, 0.717) is 24.2 Å². The summed E-state index contributed by atoms with van der Waals surface area (Å²) < 4.78 is 0. The molecule has 0 aliphatic carbocycles. The van der Waals surface area contributed by atoms with Crippen molar-refractivity contribution in [2.24, 2.45) is 5.73 Å². The van der Waals surface area contributed by atoms with Crippen LogP contribution in [0.4, 0.5) is 0 Å². The molecule has 0 saturated carbocycles. The zero-order valence-corrected chi connectivity index (χ0v) is 11.6. The van der Waals surface area contributed by atoms with Crippen molar-refractivity contribution in [3.8, 4) is 0 Å². The van der Waals surface area contributed by atoms with Crippen LogP contribution in [-0.4, -0.2) is 23.0 Å². The van der Waals surface area contributed by atoms with Crippen LogP contribution in [0.1, 0.15) is 44.2 Å². The molecule has 1 aromatic rings.